The molecule has 1 amide bonds. The van der Waals surface area contributed by atoms with Gasteiger partial charge in [-0.2, -0.15) is 0 Å². The van der Waals surface area contributed by atoms with Crippen LogP contribution in [0.2, 0.25) is 0 Å². The third-order valence-corrected chi connectivity index (χ3v) is 5.26. The first-order valence-corrected chi connectivity index (χ1v) is 10.6. The van der Waals surface area contributed by atoms with Gasteiger partial charge in [0.05, 0.1) is 23.8 Å². The minimum absolute atomic E-state index is 0.194. The molecule has 31 heavy (non-hydrogen) atoms. The predicted molar refractivity (Wildman–Crippen MR) is 121 cm³/mol. The number of benzene rings is 2. The number of hydrogen-bond donors (Lipinski definition) is 1. The predicted octanol–water partition coefficient (Wildman–Crippen LogP) is 4.69. The Labute approximate surface area is 181 Å². The van der Waals surface area contributed by atoms with Crippen LogP contribution < -0.4 is 10.1 Å². The molecule has 6 nitrogen and oxygen atoms in total. The Morgan fingerprint density at radius 2 is 2.00 bits per heavy atom. The van der Waals surface area contributed by atoms with Gasteiger partial charge in [0, 0.05) is 13.0 Å². The number of hydrogen-bond acceptors (Lipinski definition) is 4. The molecule has 2 aromatic heterocycles. The van der Waals surface area contributed by atoms with Crippen LogP contribution in [0.4, 0.5) is 0 Å². The Hall–Kier alpha value is -3.54. The van der Waals surface area contributed by atoms with Gasteiger partial charge in [0.1, 0.15) is 18.2 Å². The number of ether oxygens (including phenoxy) is 1. The van der Waals surface area contributed by atoms with E-state index in [9.17, 15) is 4.79 Å². The van der Waals surface area contributed by atoms with Crippen LogP contribution in [-0.4, -0.2) is 28.6 Å². The summed E-state index contributed by atoms with van der Waals surface area (Å²) >= 11 is 0. The number of amides is 1. The topological polar surface area (TPSA) is 69.3 Å². The molecule has 0 unspecified atom stereocenters. The number of aryl methyl sites for hydroxylation is 3. The van der Waals surface area contributed by atoms with Crippen LogP contribution in [0.5, 0.6) is 5.75 Å². The Morgan fingerprint density at radius 3 is 2.84 bits per heavy atom. The van der Waals surface area contributed by atoms with E-state index in [1.807, 2.05) is 18.2 Å². The Kier molecular flexibility index (Phi) is 6.36. The van der Waals surface area contributed by atoms with E-state index in [1.165, 1.54) is 11.8 Å². The number of nitrogens with zero attached hydrogens (tertiary/aromatic N) is 2. The first-order chi connectivity index (χ1) is 15.1. The van der Waals surface area contributed by atoms with Crippen molar-refractivity contribution >= 4 is 16.9 Å². The fraction of sp³-hybridized carbons (Fsp3) is 0.280. The number of imidazole rings is 1. The molecule has 0 aliphatic carbocycles. The average molecular weight is 418 g/mol. The molecule has 0 saturated heterocycles. The fourth-order valence-corrected chi connectivity index (χ4v) is 3.62. The highest BCUT2D eigenvalue weighted by Crippen LogP contribution is 2.20. The minimum Gasteiger partial charge on any atom is -0.491 e. The van der Waals surface area contributed by atoms with E-state index in [4.69, 9.17) is 14.1 Å². The lowest BCUT2D eigenvalue weighted by molar-refractivity contribution is 0.0925. The zero-order chi connectivity index (χ0) is 21.6. The summed E-state index contributed by atoms with van der Waals surface area (Å²) in [5, 5.41) is 2.89. The van der Waals surface area contributed by atoms with Gasteiger partial charge in [-0.05, 0) is 61.7 Å². The molecule has 6 heteroatoms. The van der Waals surface area contributed by atoms with Crippen molar-refractivity contribution in [2.45, 2.75) is 33.2 Å². The van der Waals surface area contributed by atoms with Gasteiger partial charge in [-0.25, -0.2) is 4.98 Å². The Balaban J connectivity index is 1.39. The molecule has 0 aliphatic rings. The highest BCUT2D eigenvalue weighted by molar-refractivity contribution is 5.91. The van der Waals surface area contributed by atoms with Crippen molar-refractivity contribution in [2.75, 3.05) is 13.2 Å². The van der Waals surface area contributed by atoms with Crippen molar-refractivity contribution in [1.82, 2.24) is 14.9 Å². The smallest absolute Gasteiger partial charge is 0.286 e. The molecule has 0 aliphatic heterocycles. The van der Waals surface area contributed by atoms with Gasteiger partial charge in [-0.15, -0.1) is 0 Å². The third kappa shape index (κ3) is 4.97. The SMILES string of the molecule is Cc1ccc(C)c(OCCn2c(CCCNC(=O)c3ccco3)nc3ccccc32)c1. The molecule has 0 radical (unpaired) electrons. The average Bonchev–Trinajstić information content (AvgIpc) is 3.42. The number of aromatic nitrogens is 2. The van der Waals surface area contributed by atoms with Crippen LogP contribution in [0, 0.1) is 13.8 Å². The lowest BCUT2D eigenvalue weighted by atomic mass is 10.1. The molecular weight excluding hydrogens is 390 g/mol. The lowest BCUT2D eigenvalue weighted by Crippen LogP contribution is -2.24. The molecule has 0 fully saturated rings. The number of rotatable bonds is 9. The summed E-state index contributed by atoms with van der Waals surface area (Å²) in [6.45, 7) is 5.96. The van der Waals surface area contributed by atoms with E-state index >= 15 is 0 Å². The second-order valence-electron chi connectivity index (χ2n) is 7.62. The van der Waals surface area contributed by atoms with E-state index in [1.54, 1.807) is 12.1 Å². The van der Waals surface area contributed by atoms with E-state index in [0.717, 1.165) is 41.0 Å². The minimum atomic E-state index is -0.194. The quantitative estimate of drug-likeness (QED) is 0.401. The summed E-state index contributed by atoms with van der Waals surface area (Å²) in [6, 6.07) is 17.8. The molecule has 0 saturated carbocycles. The molecule has 2 aromatic carbocycles. The van der Waals surface area contributed by atoms with Crippen molar-refractivity contribution in [3.8, 4) is 5.75 Å². The molecular formula is C25H27N3O3. The lowest BCUT2D eigenvalue weighted by Gasteiger charge is -2.13. The number of para-hydroxylation sites is 2. The van der Waals surface area contributed by atoms with Gasteiger partial charge in [0.2, 0.25) is 0 Å². The summed E-state index contributed by atoms with van der Waals surface area (Å²) < 4.78 is 13.4. The van der Waals surface area contributed by atoms with Crippen LogP contribution in [-0.2, 0) is 13.0 Å². The zero-order valence-corrected chi connectivity index (χ0v) is 17.9. The number of furan rings is 1. The van der Waals surface area contributed by atoms with Crippen LogP contribution >= 0.6 is 0 Å². The molecule has 4 aromatic rings. The normalized spacial score (nSPS) is 11.0. The second kappa shape index (κ2) is 9.51. The summed E-state index contributed by atoms with van der Waals surface area (Å²) in [6.07, 6.45) is 3.04. The van der Waals surface area contributed by atoms with Crippen molar-refractivity contribution in [3.63, 3.8) is 0 Å². The first-order valence-electron chi connectivity index (χ1n) is 10.6. The van der Waals surface area contributed by atoms with E-state index < -0.39 is 0 Å². The summed E-state index contributed by atoms with van der Waals surface area (Å²) in [7, 11) is 0. The number of nitrogens with one attached hydrogen (secondary N) is 1. The van der Waals surface area contributed by atoms with Crippen LogP contribution in [0.25, 0.3) is 11.0 Å². The Bertz CT molecular complexity index is 1160. The van der Waals surface area contributed by atoms with E-state index in [2.05, 4.69) is 48.0 Å². The number of fused-ring (bicyclic) bond motifs is 1. The third-order valence-electron chi connectivity index (χ3n) is 5.26. The van der Waals surface area contributed by atoms with Crippen molar-refractivity contribution in [1.29, 1.82) is 0 Å². The molecule has 4 rings (SSSR count). The van der Waals surface area contributed by atoms with Gasteiger partial charge in [-0.1, -0.05) is 24.3 Å². The fourth-order valence-electron chi connectivity index (χ4n) is 3.62. The van der Waals surface area contributed by atoms with Crippen LogP contribution in [0.3, 0.4) is 0 Å². The molecule has 1 N–H and O–H groups in total. The molecule has 160 valence electrons. The van der Waals surface area contributed by atoms with Gasteiger partial charge in [-0.3, -0.25) is 4.79 Å². The Morgan fingerprint density at radius 1 is 1.13 bits per heavy atom. The maximum Gasteiger partial charge on any atom is 0.286 e. The van der Waals surface area contributed by atoms with Gasteiger partial charge >= 0.3 is 0 Å². The summed E-state index contributed by atoms with van der Waals surface area (Å²) in [5.41, 5.74) is 4.39. The van der Waals surface area contributed by atoms with E-state index in [0.29, 0.717) is 25.5 Å². The van der Waals surface area contributed by atoms with Gasteiger partial charge in [0.25, 0.3) is 5.91 Å². The summed E-state index contributed by atoms with van der Waals surface area (Å²) in [5.74, 6) is 2.06. The molecule has 0 bridgehead atoms. The molecule has 2 heterocycles. The van der Waals surface area contributed by atoms with Crippen LogP contribution in [0.1, 0.15) is 33.9 Å². The number of carbonyl (C=O) groups excluding carboxylic acids is 1. The van der Waals surface area contributed by atoms with Crippen molar-refractivity contribution in [2.24, 2.45) is 0 Å². The monoisotopic (exact) mass is 417 g/mol. The van der Waals surface area contributed by atoms with Gasteiger partial charge in [0.15, 0.2) is 5.76 Å². The molecule has 0 spiro atoms. The second-order valence-corrected chi connectivity index (χ2v) is 7.62. The first kappa shape index (κ1) is 20.7. The van der Waals surface area contributed by atoms with Crippen molar-refractivity contribution < 1.29 is 13.9 Å². The highest BCUT2D eigenvalue weighted by atomic mass is 16.5. The largest absolute Gasteiger partial charge is 0.491 e. The maximum absolute atomic E-state index is 12.0. The maximum atomic E-state index is 12.0. The zero-order valence-electron chi connectivity index (χ0n) is 17.9. The highest BCUT2D eigenvalue weighted by Gasteiger charge is 2.12. The number of carbonyl (C=O) groups is 1. The molecule has 0 atom stereocenters. The van der Waals surface area contributed by atoms with Gasteiger partial charge < -0.3 is 19.0 Å². The van der Waals surface area contributed by atoms with Crippen molar-refractivity contribution in [3.05, 3.63) is 83.6 Å². The van der Waals surface area contributed by atoms with E-state index in [-0.39, 0.29) is 5.91 Å². The summed E-state index contributed by atoms with van der Waals surface area (Å²) in [4.78, 5) is 16.8. The standard InChI is InChI=1S/C25H27N3O3/c1-18-11-12-19(2)23(17-18)31-16-14-28-21-8-4-3-7-20(21)27-24(28)10-5-13-26-25(29)22-9-6-15-30-22/h3-4,6-9,11-12,15,17H,5,10,13-14,16H2,1-2H3,(H,26,29). The van der Waals surface area contributed by atoms with Crippen LogP contribution in [0.15, 0.2) is 65.3 Å².